The second kappa shape index (κ2) is 14.8. The molecule has 2 bridgehead atoms. The largest absolute Gasteiger partial charge is 0.508 e. The SMILES string of the molecule is CO[C@H]1C=CC=C(C)C(=O)Nc2cc(O)cc(c2O)[C@H](OC)[C@@H](C)C[C@@H](OC)[C@H](O)[C@@H](C)C=C(C)[C@@H]1OC(N)=O. The summed E-state index contributed by atoms with van der Waals surface area (Å²) >= 11 is 0. The summed E-state index contributed by atoms with van der Waals surface area (Å²) in [5, 5.41) is 35.3. The number of benzene rings is 1. The number of ether oxygens (including phenoxy) is 4. The van der Waals surface area contributed by atoms with E-state index in [-0.39, 0.29) is 34.2 Å². The third-order valence-electron chi connectivity index (χ3n) is 7.07. The number of carbonyl (C=O) groups is 2. The van der Waals surface area contributed by atoms with Crippen LogP contribution in [0.5, 0.6) is 11.5 Å². The van der Waals surface area contributed by atoms with Crippen LogP contribution in [0.2, 0.25) is 0 Å². The number of methoxy groups -OCH3 is 3. The molecule has 0 fully saturated rings. The summed E-state index contributed by atoms with van der Waals surface area (Å²) in [4.78, 5) is 24.6. The molecule has 0 saturated carbocycles. The molecule has 6 N–H and O–H groups in total. The Labute approximate surface area is 235 Å². The van der Waals surface area contributed by atoms with Gasteiger partial charge in [0.2, 0.25) is 0 Å². The van der Waals surface area contributed by atoms with Crippen molar-refractivity contribution < 1.29 is 43.9 Å². The van der Waals surface area contributed by atoms with Crippen LogP contribution in [0.25, 0.3) is 0 Å². The van der Waals surface area contributed by atoms with E-state index in [0.717, 1.165) is 0 Å². The standard InChI is InChI=1S/C29H42N2O9/c1-15-9-8-10-22(37-5)27(40-29(30)36)17(3)11-16(2)24(33)23(38-6)12-18(4)26(39-7)20-13-19(32)14-21(25(20)34)31-28(15)35/h8-11,13-14,16,18,22-24,26-27,32-34H,12H2,1-7H3,(H2,30,36)(H,31,35)/t16-,18-,22-,23+,24+,26+,27-/m0/s1. The highest BCUT2D eigenvalue weighted by atomic mass is 16.6. The van der Waals surface area contributed by atoms with Crippen molar-refractivity contribution in [1.82, 2.24) is 0 Å². The van der Waals surface area contributed by atoms with Crippen LogP contribution < -0.4 is 11.1 Å². The molecule has 1 heterocycles. The lowest BCUT2D eigenvalue weighted by Gasteiger charge is -2.32. The Morgan fingerprint density at radius 1 is 1.05 bits per heavy atom. The van der Waals surface area contributed by atoms with Gasteiger partial charge in [0, 0.05) is 44.5 Å². The molecule has 0 aromatic heterocycles. The van der Waals surface area contributed by atoms with Crippen LogP contribution in [0, 0.1) is 11.8 Å². The summed E-state index contributed by atoms with van der Waals surface area (Å²) in [7, 11) is 4.39. The van der Waals surface area contributed by atoms with Crippen molar-refractivity contribution in [3.05, 3.63) is 53.1 Å². The average Bonchev–Trinajstić information content (AvgIpc) is 2.90. The zero-order chi connectivity index (χ0) is 30.1. The molecule has 0 aliphatic carbocycles. The molecule has 11 heteroatoms. The number of fused-ring (bicyclic) bond motifs is 2. The van der Waals surface area contributed by atoms with Crippen LogP contribution in [0.1, 0.15) is 45.8 Å². The third-order valence-corrected chi connectivity index (χ3v) is 7.07. The maximum atomic E-state index is 12.9. The van der Waals surface area contributed by atoms with E-state index in [9.17, 15) is 24.9 Å². The minimum atomic E-state index is -0.995. The third kappa shape index (κ3) is 8.31. The van der Waals surface area contributed by atoms with Gasteiger partial charge in [-0.05, 0) is 37.8 Å². The maximum Gasteiger partial charge on any atom is 0.405 e. The molecule has 1 aliphatic rings. The van der Waals surface area contributed by atoms with E-state index in [4.69, 9.17) is 24.7 Å². The van der Waals surface area contributed by atoms with Crippen molar-refractivity contribution in [2.24, 2.45) is 17.6 Å². The van der Waals surface area contributed by atoms with Crippen molar-refractivity contribution >= 4 is 17.7 Å². The summed E-state index contributed by atoms with van der Waals surface area (Å²) in [6.07, 6.45) is 1.78. The van der Waals surface area contributed by atoms with Gasteiger partial charge in [-0.3, -0.25) is 4.79 Å². The molecule has 0 radical (unpaired) electrons. The highest BCUT2D eigenvalue weighted by Gasteiger charge is 2.32. The molecular weight excluding hydrogens is 520 g/mol. The van der Waals surface area contributed by atoms with E-state index >= 15 is 0 Å². The Balaban J connectivity index is 2.67. The summed E-state index contributed by atoms with van der Waals surface area (Å²) in [6, 6.07) is 2.62. The number of nitrogens with two attached hydrogens (primary N) is 1. The number of rotatable bonds is 4. The van der Waals surface area contributed by atoms with Crippen molar-refractivity contribution in [2.45, 2.75) is 64.6 Å². The highest BCUT2D eigenvalue weighted by molar-refractivity contribution is 6.04. The zero-order valence-corrected chi connectivity index (χ0v) is 24.1. The van der Waals surface area contributed by atoms with Gasteiger partial charge < -0.3 is 45.3 Å². The molecule has 0 spiro atoms. The fourth-order valence-electron chi connectivity index (χ4n) is 4.88. The first kappa shape index (κ1) is 32.8. The predicted molar refractivity (Wildman–Crippen MR) is 150 cm³/mol. The fourth-order valence-corrected chi connectivity index (χ4v) is 4.88. The zero-order valence-electron chi connectivity index (χ0n) is 24.1. The van der Waals surface area contributed by atoms with E-state index in [1.807, 2.05) is 6.92 Å². The number of aliphatic hydroxyl groups excluding tert-OH is 1. The number of allylic oxidation sites excluding steroid dienone is 2. The summed E-state index contributed by atoms with van der Waals surface area (Å²) in [5.41, 5.74) is 6.48. The Hall–Kier alpha value is -3.38. The lowest BCUT2D eigenvalue weighted by molar-refractivity contribution is -0.112. The molecule has 1 aromatic rings. The van der Waals surface area contributed by atoms with Crippen LogP contribution in [0.15, 0.2) is 47.6 Å². The van der Waals surface area contributed by atoms with Crippen molar-refractivity contribution in [3.8, 4) is 11.5 Å². The van der Waals surface area contributed by atoms with E-state index in [0.29, 0.717) is 12.0 Å². The molecule has 7 atom stereocenters. The normalized spacial score (nSPS) is 28.8. The lowest BCUT2D eigenvalue weighted by atomic mass is 9.86. The van der Waals surface area contributed by atoms with E-state index in [1.54, 1.807) is 39.0 Å². The van der Waals surface area contributed by atoms with Gasteiger partial charge in [-0.1, -0.05) is 38.2 Å². The summed E-state index contributed by atoms with van der Waals surface area (Å²) in [6.45, 7) is 6.97. The molecule has 11 nitrogen and oxygen atoms in total. The first-order valence-electron chi connectivity index (χ1n) is 13.0. The van der Waals surface area contributed by atoms with Gasteiger partial charge in [0.15, 0.2) is 6.10 Å². The van der Waals surface area contributed by atoms with Crippen LogP contribution in [0.4, 0.5) is 10.5 Å². The van der Waals surface area contributed by atoms with E-state index < -0.39 is 48.4 Å². The average molecular weight is 563 g/mol. The van der Waals surface area contributed by atoms with Crippen molar-refractivity contribution in [2.75, 3.05) is 26.6 Å². The minimum absolute atomic E-state index is 0.00496. The molecule has 1 aromatic carbocycles. The summed E-state index contributed by atoms with van der Waals surface area (Å²) < 4.78 is 22.3. The van der Waals surface area contributed by atoms with Crippen LogP contribution in [0.3, 0.4) is 0 Å². The van der Waals surface area contributed by atoms with Crippen molar-refractivity contribution in [1.29, 1.82) is 0 Å². The number of hydrogen-bond donors (Lipinski definition) is 5. The second-order valence-corrected chi connectivity index (χ2v) is 10.1. The molecule has 0 unspecified atom stereocenters. The number of anilines is 1. The van der Waals surface area contributed by atoms with E-state index in [2.05, 4.69) is 5.32 Å². The Morgan fingerprint density at radius 2 is 1.73 bits per heavy atom. The Bertz CT molecular complexity index is 1130. The highest BCUT2D eigenvalue weighted by Crippen LogP contribution is 2.41. The topological polar surface area (TPSA) is 170 Å². The van der Waals surface area contributed by atoms with Gasteiger partial charge in [0.25, 0.3) is 5.91 Å². The Morgan fingerprint density at radius 3 is 2.30 bits per heavy atom. The van der Waals surface area contributed by atoms with Crippen LogP contribution in [-0.2, 0) is 23.7 Å². The second-order valence-electron chi connectivity index (χ2n) is 10.1. The van der Waals surface area contributed by atoms with Gasteiger partial charge in [0.05, 0.1) is 24.0 Å². The minimum Gasteiger partial charge on any atom is -0.508 e. The number of amides is 2. The van der Waals surface area contributed by atoms with Gasteiger partial charge in [-0.25, -0.2) is 4.79 Å². The quantitative estimate of drug-likeness (QED) is 0.209. The number of aliphatic hydroxyl groups is 1. The molecule has 40 heavy (non-hydrogen) atoms. The van der Waals surface area contributed by atoms with Crippen LogP contribution >= 0.6 is 0 Å². The first-order valence-corrected chi connectivity index (χ1v) is 13.0. The Kier molecular flexibility index (Phi) is 12.2. The number of hydrogen-bond acceptors (Lipinski definition) is 9. The predicted octanol–water partition coefficient (Wildman–Crippen LogP) is 3.70. The maximum absolute atomic E-state index is 12.9. The first-order chi connectivity index (χ1) is 18.8. The smallest absolute Gasteiger partial charge is 0.405 e. The van der Waals surface area contributed by atoms with Gasteiger partial charge in [-0.2, -0.15) is 0 Å². The van der Waals surface area contributed by atoms with Crippen LogP contribution in [-0.4, -0.2) is 73.1 Å². The van der Waals surface area contributed by atoms with Crippen molar-refractivity contribution in [3.63, 3.8) is 0 Å². The van der Waals surface area contributed by atoms with Gasteiger partial charge in [0.1, 0.15) is 17.6 Å². The molecule has 2 rings (SSSR count). The van der Waals surface area contributed by atoms with E-state index in [1.165, 1.54) is 39.5 Å². The molecule has 0 saturated heterocycles. The number of phenolic OH excluding ortho intramolecular Hbond substituents is 2. The molecular formula is C29H42N2O9. The monoisotopic (exact) mass is 562 g/mol. The molecule has 2 amide bonds. The van der Waals surface area contributed by atoms with Gasteiger partial charge in [-0.15, -0.1) is 0 Å². The number of primary amides is 1. The van der Waals surface area contributed by atoms with Gasteiger partial charge >= 0.3 is 6.09 Å². The lowest BCUT2D eigenvalue weighted by Crippen LogP contribution is -2.37. The number of aromatic hydroxyl groups is 2. The summed E-state index contributed by atoms with van der Waals surface area (Å²) in [5.74, 6) is -1.70. The number of phenols is 2. The molecule has 1 aliphatic heterocycles. The molecule has 222 valence electrons. The fraction of sp³-hybridized carbons (Fsp3) is 0.517. The number of carbonyl (C=O) groups excluding carboxylic acids is 2. The number of nitrogens with one attached hydrogen (secondary N) is 1.